The number of ether oxygens (including phenoxy) is 1. The molecule has 3 aromatic rings. The van der Waals surface area contributed by atoms with Gasteiger partial charge in [-0.15, -0.1) is 0 Å². The molecule has 2 saturated carbocycles. The summed E-state index contributed by atoms with van der Waals surface area (Å²) in [6.45, 7) is 8.59. The summed E-state index contributed by atoms with van der Waals surface area (Å²) < 4.78 is 8.45. The van der Waals surface area contributed by atoms with Crippen molar-refractivity contribution in [2.75, 3.05) is 48.0 Å². The molecule has 2 aromatic heterocycles. The van der Waals surface area contributed by atoms with E-state index in [1.165, 1.54) is 50.5 Å². The number of fused-ring (bicyclic) bond motifs is 1. The maximum atomic E-state index is 11.8. The van der Waals surface area contributed by atoms with E-state index in [2.05, 4.69) is 59.0 Å². The van der Waals surface area contributed by atoms with Crippen LogP contribution in [-0.4, -0.2) is 69.5 Å². The predicted molar refractivity (Wildman–Crippen MR) is 172 cm³/mol. The first kappa shape index (κ1) is 29.3. The molecule has 7 rings (SSSR count). The van der Waals surface area contributed by atoms with E-state index in [0.29, 0.717) is 56.2 Å². The van der Waals surface area contributed by atoms with Gasteiger partial charge in [0.2, 0.25) is 11.9 Å². The van der Waals surface area contributed by atoms with E-state index >= 15 is 0 Å². The number of aliphatic carboxylic acids is 1. The van der Waals surface area contributed by atoms with Crippen LogP contribution in [0, 0.1) is 23.7 Å². The predicted octanol–water partition coefficient (Wildman–Crippen LogP) is 5.74. The van der Waals surface area contributed by atoms with Crippen molar-refractivity contribution in [2.24, 2.45) is 23.7 Å². The monoisotopic (exact) mass is 601 g/mol. The normalized spacial score (nSPS) is 27.0. The zero-order chi connectivity index (χ0) is 30.2. The Morgan fingerprint density at radius 3 is 2.55 bits per heavy atom. The minimum Gasteiger partial charge on any atom is -0.481 e. The van der Waals surface area contributed by atoms with Crippen molar-refractivity contribution < 1.29 is 14.6 Å². The lowest BCUT2D eigenvalue weighted by atomic mass is 9.80. The van der Waals surface area contributed by atoms with Crippen molar-refractivity contribution in [2.45, 2.75) is 83.8 Å². The molecular formula is C34H47N7O3. The molecule has 4 fully saturated rings. The van der Waals surface area contributed by atoms with Gasteiger partial charge in [-0.3, -0.25) is 4.79 Å². The minimum atomic E-state index is -0.752. The van der Waals surface area contributed by atoms with Gasteiger partial charge in [0.1, 0.15) is 5.52 Å². The second kappa shape index (κ2) is 12.5. The molecule has 10 heteroatoms. The number of anilines is 3. The summed E-state index contributed by atoms with van der Waals surface area (Å²) in [5.41, 5.74) is 2.88. The van der Waals surface area contributed by atoms with Crippen molar-refractivity contribution in [3.63, 3.8) is 0 Å². The van der Waals surface area contributed by atoms with Gasteiger partial charge in [0.15, 0.2) is 11.5 Å². The number of hydrogen-bond donors (Lipinski definition) is 2. The number of imidazole rings is 1. The molecule has 4 heterocycles. The highest BCUT2D eigenvalue weighted by Crippen LogP contribution is 2.39. The van der Waals surface area contributed by atoms with Crippen LogP contribution in [0.3, 0.4) is 0 Å². The lowest BCUT2D eigenvalue weighted by Gasteiger charge is -2.37. The number of rotatable bonds is 9. The van der Waals surface area contributed by atoms with Crippen molar-refractivity contribution in [1.29, 1.82) is 0 Å². The lowest BCUT2D eigenvalue weighted by Crippen LogP contribution is -2.41. The Hall–Kier alpha value is -3.40. The minimum absolute atomic E-state index is 0.0551. The van der Waals surface area contributed by atoms with Crippen LogP contribution in [0.1, 0.15) is 76.8 Å². The summed E-state index contributed by atoms with van der Waals surface area (Å²) in [7, 11) is 0. The summed E-state index contributed by atoms with van der Waals surface area (Å²) in [5, 5.41) is 13.5. The molecule has 2 aliphatic carbocycles. The highest BCUT2D eigenvalue weighted by molar-refractivity contribution is 5.87. The molecule has 1 aromatic carbocycles. The first-order valence-electron chi connectivity index (χ1n) is 16.9. The van der Waals surface area contributed by atoms with E-state index in [4.69, 9.17) is 19.7 Å². The SMILES string of the molecule is C[C@@H](Nc1nc(N2CCC(C(=O)O)C2)nc2nc(N3CCOC[C@H]3c3ccccc3)n(C[C@H]3CC[C@H](C)CC3)c12)C1CCC1. The number of aromatic nitrogens is 4. The number of nitrogens with zero attached hydrogens (tertiary/aromatic N) is 6. The molecule has 236 valence electrons. The first-order chi connectivity index (χ1) is 21.4. The Morgan fingerprint density at radius 2 is 1.84 bits per heavy atom. The molecule has 1 unspecified atom stereocenters. The second-order valence-electron chi connectivity index (χ2n) is 13.8. The molecule has 2 N–H and O–H groups in total. The Morgan fingerprint density at radius 1 is 1.05 bits per heavy atom. The quantitative estimate of drug-likeness (QED) is 0.317. The molecule has 44 heavy (non-hydrogen) atoms. The van der Waals surface area contributed by atoms with Crippen molar-refractivity contribution in [3.8, 4) is 0 Å². The maximum absolute atomic E-state index is 11.8. The third kappa shape index (κ3) is 5.85. The van der Waals surface area contributed by atoms with Crippen LogP contribution in [0.15, 0.2) is 30.3 Å². The number of carboxylic acid groups (broad SMARTS) is 1. The number of morpholine rings is 1. The van der Waals surface area contributed by atoms with Crippen LogP contribution < -0.4 is 15.1 Å². The van der Waals surface area contributed by atoms with Gasteiger partial charge in [0.25, 0.3) is 0 Å². The molecule has 3 atom stereocenters. The van der Waals surface area contributed by atoms with Crippen molar-refractivity contribution in [1.82, 2.24) is 19.5 Å². The van der Waals surface area contributed by atoms with Crippen molar-refractivity contribution in [3.05, 3.63) is 35.9 Å². The zero-order valence-electron chi connectivity index (χ0n) is 26.2. The Bertz CT molecular complexity index is 1450. The first-order valence-corrected chi connectivity index (χ1v) is 16.9. The third-order valence-corrected chi connectivity index (χ3v) is 10.8. The maximum Gasteiger partial charge on any atom is 0.308 e. The molecule has 10 nitrogen and oxygen atoms in total. The number of benzene rings is 1. The van der Waals surface area contributed by atoms with Gasteiger partial charge in [-0.05, 0) is 62.3 Å². The lowest BCUT2D eigenvalue weighted by molar-refractivity contribution is -0.140. The van der Waals surface area contributed by atoms with E-state index in [1.807, 2.05) is 4.90 Å². The topological polar surface area (TPSA) is 109 Å². The van der Waals surface area contributed by atoms with Gasteiger partial charge in [-0.2, -0.15) is 15.0 Å². The Labute approximate surface area is 260 Å². The number of carbonyl (C=O) groups is 1. The highest BCUT2D eigenvalue weighted by atomic mass is 16.5. The summed E-state index contributed by atoms with van der Waals surface area (Å²) in [5.74, 6) is 3.18. The number of carboxylic acids is 1. The van der Waals surface area contributed by atoms with Crippen LogP contribution >= 0.6 is 0 Å². The van der Waals surface area contributed by atoms with Crippen molar-refractivity contribution >= 4 is 34.8 Å². The molecule has 0 radical (unpaired) electrons. The number of nitrogens with one attached hydrogen (secondary N) is 1. The largest absolute Gasteiger partial charge is 0.481 e. The Balaban J connectivity index is 1.34. The van der Waals surface area contributed by atoms with Crippen LogP contribution in [-0.2, 0) is 16.1 Å². The van der Waals surface area contributed by atoms with Crippen LogP contribution in [0.4, 0.5) is 17.7 Å². The van der Waals surface area contributed by atoms with E-state index in [-0.39, 0.29) is 12.1 Å². The van der Waals surface area contributed by atoms with E-state index in [0.717, 1.165) is 36.3 Å². The second-order valence-corrected chi connectivity index (χ2v) is 13.8. The molecule has 0 spiro atoms. The van der Waals surface area contributed by atoms with E-state index in [1.54, 1.807) is 0 Å². The fourth-order valence-electron chi connectivity index (χ4n) is 7.63. The fraction of sp³-hybridized carbons (Fsp3) is 0.647. The average molecular weight is 602 g/mol. The standard InChI is InChI=1S/C34H47N7O3/c1-22-11-13-24(14-12-22)19-41-29-30(35-23(2)25-9-6-10-25)36-33(39-16-15-27(20-39)32(42)43)37-31(29)38-34(41)40-17-18-44-21-28(40)26-7-4-3-5-8-26/h3-5,7-8,22-25,27-28H,6,9-21H2,1-2H3,(H,42,43)(H,35,36,37)/t22-,23-,24-,27?,28+/m1/s1. The highest BCUT2D eigenvalue weighted by Gasteiger charge is 2.35. The van der Waals surface area contributed by atoms with Crippen LogP contribution in [0.25, 0.3) is 11.2 Å². The summed E-state index contributed by atoms with van der Waals surface area (Å²) in [6.07, 6.45) is 9.32. The fourth-order valence-corrected chi connectivity index (χ4v) is 7.63. The van der Waals surface area contributed by atoms with E-state index < -0.39 is 11.9 Å². The van der Waals surface area contributed by atoms with Crippen LogP contribution in [0.2, 0.25) is 0 Å². The molecule has 4 aliphatic rings. The van der Waals surface area contributed by atoms with Gasteiger partial charge >= 0.3 is 5.97 Å². The summed E-state index contributed by atoms with van der Waals surface area (Å²) in [4.78, 5) is 31.8. The molecule has 2 aliphatic heterocycles. The third-order valence-electron chi connectivity index (χ3n) is 10.8. The van der Waals surface area contributed by atoms with Gasteiger partial charge in [0, 0.05) is 32.2 Å². The van der Waals surface area contributed by atoms with Gasteiger partial charge in [-0.1, -0.05) is 56.5 Å². The van der Waals surface area contributed by atoms with Gasteiger partial charge in [0.05, 0.1) is 25.2 Å². The van der Waals surface area contributed by atoms with E-state index in [9.17, 15) is 9.90 Å². The van der Waals surface area contributed by atoms with Gasteiger partial charge < -0.3 is 29.5 Å². The molecule has 0 amide bonds. The molecule has 2 saturated heterocycles. The van der Waals surface area contributed by atoms with Gasteiger partial charge in [-0.25, -0.2) is 0 Å². The molecule has 0 bridgehead atoms. The Kier molecular flexibility index (Phi) is 8.35. The average Bonchev–Trinajstić information content (AvgIpc) is 3.64. The number of hydrogen-bond acceptors (Lipinski definition) is 8. The summed E-state index contributed by atoms with van der Waals surface area (Å²) >= 11 is 0. The smallest absolute Gasteiger partial charge is 0.308 e. The zero-order valence-corrected chi connectivity index (χ0v) is 26.2. The van der Waals surface area contributed by atoms with Crippen LogP contribution in [0.5, 0.6) is 0 Å². The summed E-state index contributed by atoms with van der Waals surface area (Å²) in [6, 6.07) is 10.9. The molecular weight excluding hydrogens is 554 g/mol.